The molecule has 0 unspecified atom stereocenters. The molecule has 6 heteroatoms. The summed E-state index contributed by atoms with van der Waals surface area (Å²) in [4.78, 5) is 29.2. The van der Waals surface area contributed by atoms with E-state index < -0.39 is 11.8 Å². The maximum atomic E-state index is 13.4. The van der Waals surface area contributed by atoms with Crippen molar-refractivity contribution in [2.45, 2.75) is 27.7 Å². The Balaban J connectivity index is 1.79. The number of carbonyl (C=O) groups is 2. The molecule has 0 radical (unpaired) electrons. The normalized spacial score (nSPS) is 15.8. The highest BCUT2D eigenvalue weighted by Crippen LogP contribution is 2.28. The van der Waals surface area contributed by atoms with Gasteiger partial charge < -0.3 is 4.57 Å². The SMILES string of the molecule is Cc1ccc(N2C(=O)/C(=C/c3cc(C)n(-c4ccc(C)cc4)c3C)C(=O)N(C)C2=S)cc1. The number of benzene rings is 2. The molecule has 2 aromatic carbocycles. The topological polar surface area (TPSA) is 45.6 Å². The second kappa shape index (κ2) is 8.20. The fraction of sp³-hybridized carbons (Fsp3) is 0.192. The van der Waals surface area contributed by atoms with Crippen molar-refractivity contribution in [1.82, 2.24) is 9.47 Å². The zero-order chi connectivity index (χ0) is 23.2. The van der Waals surface area contributed by atoms with Gasteiger partial charge >= 0.3 is 0 Å². The van der Waals surface area contributed by atoms with Gasteiger partial charge in [0.25, 0.3) is 11.8 Å². The molecule has 1 aliphatic heterocycles. The van der Waals surface area contributed by atoms with E-state index in [1.54, 1.807) is 13.1 Å². The Morgan fingerprint density at radius 3 is 1.88 bits per heavy atom. The van der Waals surface area contributed by atoms with Crippen LogP contribution >= 0.6 is 12.2 Å². The number of aryl methyl sites for hydroxylation is 3. The molecule has 0 saturated carbocycles. The average molecular weight is 444 g/mol. The van der Waals surface area contributed by atoms with E-state index in [1.807, 2.05) is 51.1 Å². The molecule has 0 N–H and O–H groups in total. The molecular weight excluding hydrogens is 418 g/mol. The number of hydrogen-bond donors (Lipinski definition) is 0. The van der Waals surface area contributed by atoms with Crippen LogP contribution in [0.25, 0.3) is 11.8 Å². The first-order valence-electron chi connectivity index (χ1n) is 10.4. The van der Waals surface area contributed by atoms with Gasteiger partial charge in [-0.15, -0.1) is 0 Å². The fourth-order valence-corrected chi connectivity index (χ4v) is 4.21. The van der Waals surface area contributed by atoms with Crippen molar-refractivity contribution in [3.05, 3.63) is 88.2 Å². The van der Waals surface area contributed by atoms with Gasteiger partial charge in [-0.1, -0.05) is 35.4 Å². The number of hydrogen-bond acceptors (Lipinski definition) is 3. The first-order chi connectivity index (χ1) is 15.2. The van der Waals surface area contributed by atoms with Gasteiger partial charge in [0.2, 0.25) is 0 Å². The number of nitrogens with zero attached hydrogens (tertiary/aromatic N) is 3. The second-order valence-electron chi connectivity index (χ2n) is 8.18. The van der Waals surface area contributed by atoms with Crippen molar-refractivity contribution in [3.8, 4) is 5.69 Å². The summed E-state index contributed by atoms with van der Waals surface area (Å²) in [7, 11) is 1.60. The number of anilines is 1. The molecule has 0 aliphatic carbocycles. The van der Waals surface area contributed by atoms with E-state index in [0.29, 0.717) is 5.69 Å². The molecule has 1 saturated heterocycles. The molecule has 4 rings (SSSR count). The van der Waals surface area contributed by atoms with Crippen LogP contribution in [-0.4, -0.2) is 33.4 Å². The lowest BCUT2D eigenvalue weighted by Gasteiger charge is -2.34. The van der Waals surface area contributed by atoms with Gasteiger partial charge in [0.1, 0.15) is 5.57 Å². The van der Waals surface area contributed by atoms with Crippen LogP contribution in [0.4, 0.5) is 5.69 Å². The third-order valence-corrected chi connectivity index (χ3v) is 6.26. The Hall–Kier alpha value is -3.51. The zero-order valence-electron chi connectivity index (χ0n) is 18.8. The molecule has 1 fully saturated rings. The van der Waals surface area contributed by atoms with Crippen molar-refractivity contribution < 1.29 is 9.59 Å². The molecule has 162 valence electrons. The van der Waals surface area contributed by atoms with E-state index in [2.05, 4.69) is 35.8 Å². The van der Waals surface area contributed by atoms with Gasteiger partial charge in [-0.3, -0.25) is 19.4 Å². The van der Waals surface area contributed by atoms with Crippen LogP contribution in [0.1, 0.15) is 28.1 Å². The second-order valence-corrected chi connectivity index (χ2v) is 8.54. The Morgan fingerprint density at radius 1 is 0.781 bits per heavy atom. The maximum absolute atomic E-state index is 13.4. The lowest BCUT2D eigenvalue weighted by Crippen LogP contribution is -2.54. The summed E-state index contributed by atoms with van der Waals surface area (Å²) in [6.07, 6.45) is 1.68. The Bertz CT molecular complexity index is 1270. The number of rotatable bonds is 3. The quantitative estimate of drug-likeness (QED) is 0.329. The predicted octanol–water partition coefficient (Wildman–Crippen LogP) is 4.88. The Kier molecular flexibility index (Phi) is 5.57. The first kappa shape index (κ1) is 21.7. The molecule has 1 aliphatic rings. The summed E-state index contributed by atoms with van der Waals surface area (Å²) in [5.41, 5.74) is 6.83. The molecule has 0 spiro atoms. The average Bonchev–Trinajstić information content (AvgIpc) is 3.05. The van der Waals surface area contributed by atoms with Crippen LogP contribution in [0.5, 0.6) is 0 Å². The maximum Gasteiger partial charge on any atom is 0.270 e. The van der Waals surface area contributed by atoms with Gasteiger partial charge in [-0.05, 0) is 81.9 Å². The summed E-state index contributed by atoms with van der Waals surface area (Å²) in [6, 6.07) is 17.8. The molecule has 0 bridgehead atoms. The number of amides is 2. The molecule has 2 heterocycles. The zero-order valence-corrected chi connectivity index (χ0v) is 19.7. The minimum absolute atomic E-state index is 0.0887. The molecule has 3 aromatic rings. The number of thiocarbonyl (C=S) groups is 1. The van der Waals surface area contributed by atoms with Crippen LogP contribution < -0.4 is 4.90 Å². The first-order valence-corrected chi connectivity index (χ1v) is 10.8. The van der Waals surface area contributed by atoms with Gasteiger partial charge in [0.05, 0.1) is 5.69 Å². The Labute approximate surface area is 193 Å². The van der Waals surface area contributed by atoms with Gasteiger partial charge in [-0.25, -0.2) is 0 Å². The largest absolute Gasteiger partial charge is 0.318 e. The van der Waals surface area contributed by atoms with E-state index in [-0.39, 0.29) is 10.7 Å². The summed E-state index contributed by atoms with van der Waals surface area (Å²) in [5.74, 6) is -0.814. The summed E-state index contributed by atoms with van der Waals surface area (Å²) < 4.78 is 2.12. The van der Waals surface area contributed by atoms with Crippen molar-refractivity contribution in [3.63, 3.8) is 0 Å². The highest BCUT2D eigenvalue weighted by molar-refractivity contribution is 7.80. The van der Waals surface area contributed by atoms with Crippen molar-refractivity contribution in [2.24, 2.45) is 0 Å². The Morgan fingerprint density at radius 2 is 1.31 bits per heavy atom. The standard InChI is InChI=1S/C26H25N3O2S/c1-16-6-10-21(11-7-16)28-18(3)14-20(19(28)4)15-23-24(30)27(5)26(32)29(25(23)31)22-12-8-17(2)9-13-22/h6-15H,1-5H3/b23-15+. The van der Waals surface area contributed by atoms with Crippen LogP contribution in [0.3, 0.4) is 0 Å². The van der Waals surface area contributed by atoms with Crippen molar-refractivity contribution >= 4 is 40.9 Å². The number of aromatic nitrogens is 1. The minimum atomic E-state index is -0.415. The third kappa shape index (κ3) is 3.67. The van der Waals surface area contributed by atoms with E-state index in [0.717, 1.165) is 28.2 Å². The van der Waals surface area contributed by atoms with Crippen molar-refractivity contribution in [2.75, 3.05) is 11.9 Å². The smallest absolute Gasteiger partial charge is 0.270 e. The number of carbonyl (C=O) groups excluding carboxylic acids is 2. The van der Waals surface area contributed by atoms with Gasteiger partial charge in [-0.2, -0.15) is 0 Å². The highest BCUT2D eigenvalue weighted by Gasteiger charge is 2.38. The molecular formula is C26H25N3O2S. The molecule has 1 aromatic heterocycles. The van der Waals surface area contributed by atoms with Gasteiger partial charge in [0, 0.05) is 24.1 Å². The lowest BCUT2D eigenvalue weighted by atomic mass is 10.1. The lowest BCUT2D eigenvalue weighted by molar-refractivity contribution is -0.127. The van der Waals surface area contributed by atoms with Gasteiger partial charge in [0.15, 0.2) is 5.11 Å². The summed E-state index contributed by atoms with van der Waals surface area (Å²) >= 11 is 5.44. The van der Waals surface area contributed by atoms with Crippen LogP contribution in [0, 0.1) is 27.7 Å². The fourth-order valence-electron chi connectivity index (χ4n) is 3.94. The molecule has 2 amide bonds. The van der Waals surface area contributed by atoms with E-state index in [1.165, 1.54) is 15.4 Å². The third-order valence-electron chi connectivity index (χ3n) is 5.80. The molecule has 5 nitrogen and oxygen atoms in total. The van der Waals surface area contributed by atoms with E-state index in [4.69, 9.17) is 12.2 Å². The molecule has 0 atom stereocenters. The van der Waals surface area contributed by atoms with Crippen molar-refractivity contribution in [1.29, 1.82) is 0 Å². The minimum Gasteiger partial charge on any atom is -0.318 e. The van der Waals surface area contributed by atoms with Crippen LogP contribution in [-0.2, 0) is 9.59 Å². The summed E-state index contributed by atoms with van der Waals surface area (Å²) in [6.45, 7) is 8.03. The monoisotopic (exact) mass is 443 g/mol. The summed E-state index contributed by atoms with van der Waals surface area (Å²) in [5, 5.41) is 0.172. The predicted molar refractivity (Wildman–Crippen MR) is 132 cm³/mol. The van der Waals surface area contributed by atoms with Crippen LogP contribution in [0.15, 0.2) is 60.2 Å². The van der Waals surface area contributed by atoms with E-state index in [9.17, 15) is 9.59 Å². The van der Waals surface area contributed by atoms with E-state index >= 15 is 0 Å². The number of likely N-dealkylation sites (N-methyl/N-ethyl adjacent to an activating group) is 1. The molecule has 32 heavy (non-hydrogen) atoms. The van der Waals surface area contributed by atoms with Crippen LogP contribution in [0.2, 0.25) is 0 Å². The highest BCUT2D eigenvalue weighted by atomic mass is 32.1.